The molecule has 308 valence electrons. The van der Waals surface area contributed by atoms with Gasteiger partial charge in [-0.05, 0) is 81.5 Å². The molecule has 9 aromatic rings. The summed E-state index contributed by atoms with van der Waals surface area (Å²) in [6.07, 6.45) is 9.24. The maximum Gasteiger partial charge on any atom is 3.00 e. The average molecular weight is 1010 g/mol. The fourth-order valence-electron chi connectivity index (χ4n) is 8.03. The maximum absolute atomic E-state index is 4.76. The van der Waals surface area contributed by atoms with Gasteiger partial charge in [-0.15, -0.1) is 101 Å². The summed E-state index contributed by atoms with van der Waals surface area (Å²) in [7, 11) is -1.36. The molecule has 0 bridgehead atoms. The minimum Gasteiger partial charge on any atom is -0.305 e. The molecule has 0 saturated carbocycles. The van der Waals surface area contributed by atoms with Crippen molar-refractivity contribution in [1.82, 2.24) is 15.0 Å². The van der Waals surface area contributed by atoms with E-state index >= 15 is 0 Å². The predicted molar refractivity (Wildman–Crippen MR) is 260 cm³/mol. The van der Waals surface area contributed by atoms with Crippen LogP contribution in [0.15, 0.2) is 188 Å². The summed E-state index contributed by atoms with van der Waals surface area (Å²) in [6.45, 7) is 7.16. The van der Waals surface area contributed by atoms with Crippen LogP contribution in [-0.2, 0) is 45.8 Å². The summed E-state index contributed by atoms with van der Waals surface area (Å²) in [5, 5.41) is 1.46. The van der Waals surface area contributed by atoms with Gasteiger partial charge in [0.1, 0.15) is 0 Å². The van der Waals surface area contributed by atoms with Crippen LogP contribution in [0.4, 0.5) is 0 Å². The second kappa shape index (κ2) is 19.8. The van der Waals surface area contributed by atoms with Crippen LogP contribution in [0.5, 0.6) is 0 Å². The fraction of sp³-hybridized carbons (Fsp3) is 0.121. The number of aromatic nitrogens is 3. The number of nitrogens with zero attached hydrogens (tertiary/aromatic N) is 3. The Bertz CT molecular complexity index is 2780. The first-order valence-corrected chi connectivity index (χ1v) is 25.0. The molecule has 0 amide bonds. The molecule has 0 saturated heterocycles. The second-order valence-electron chi connectivity index (χ2n) is 17.0. The predicted octanol–water partition coefficient (Wildman–Crippen LogP) is 13.4. The molecule has 0 aliphatic rings. The average Bonchev–Trinajstić information content (AvgIpc) is 3.33. The zero-order chi connectivity index (χ0) is 42.3. The molecule has 0 fully saturated rings. The quantitative estimate of drug-likeness (QED) is 0.0853. The van der Waals surface area contributed by atoms with E-state index < -0.39 is 8.07 Å². The van der Waals surface area contributed by atoms with Crippen molar-refractivity contribution in [1.29, 1.82) is 0 Å². The Kier molecular flexibility index (Phi) is 13.6. The van der Waals surface area contributed by atoms with Crippen molar-refractivity contribution >= 4 is 13.3 Å². The van der Waals surface area contributed by atoms with E-state index in [-0.39, 0.29) is 20.1 Å². The van der Waals surface area contributed by atoms with E-state index in [1.807, 2.05) is 55.0 Å². The monoisotopic (exact) mass is 1010 g/mol. The van der Waals surface area contributed by atoms with Crippen LogP contribution in [0.3, 0.4) is 0 Å². The molecule has 9 rings (SSSR count). The van der Waals surface area contributed by atoms with E-state index in [4.69, 9.17) is 4.98 Å². The van der Waals surface area contributed by atoms with Gasteiger partial charge in [0.25, 0.3) is 0 Å². The molecule has 0 atom stereocenters. The van der Waals surface area contributed by atoms with Gasteiger partial charge in [-0.1, -0.05) is 146 Å². The molecule has 6 aromatic carbocycles. The van der Waals surface area contributed by atoms with Crippen molar-refractivity contribution in [2.24, 2.45) is 0 Å². The molecule has 5 heteroatoms. The summed E-state index contributed by atoms with van der Waals surface area (Å²) in [6, 6.07) is 71.2. The molecule has 0 N–H and O–H groups in total. The normalized spacial score (nSPS) is 11.2. The molecule has 3 heterocycles. The Labute approximate surface area is 387 Å². The van der Waals surface area contributed by atoms with Gasteiger partial charge in [0.15, 0.2) is 0 Å². The van der Waals surface area contributed by atoms with Crippen LogP contribution in [0, 0.1) is 18.2 Å². The molecule has 0 spiro atoms. The summed E-state index contributed by atoms with van der Waals surface area (Å²) >= 11 is 0. The number of benzene rings is 6. The Hall–Kier alpha value is -6.36. The first kappa shape index (κ1) is 43.3. The molecular formula is C58H48IrN3Si. The van der Waals surface area contributed by atoms with Crippen molar-refractivity contribution in [2.45, 2.75) is 45.3 Å². The van der Waals surface area contributed by atoms with E-state index in [2.05, 4.69) is 181 Å². The fourth-order valence-corrected chi connectivity index (χ4v) is 9.20. The number of aryl methyl sites for hydroxylation is 4. The molecule has 0 unspecified atom stereocenters. The number of hydrogen-bond acceptors (Lipinski definition) is 3. The number of pyridine rings is 3. The molecular weight excluding hydrogens is 959 g/mol. The van der Waals surface area contributed by atoms with Gasteiger partial charge in [0.2, 0.25) is 0 Å². The molecule has 0 aliphatic heterocycles. The third-order valence-electron chi connectivity index (χ3n) is 11.6. The van der Waals surface area contributed by atoms with Crippen molar-refractivity contribution in [3.63, 3.8) is 0 Å². The van der Waals surface area contributed by atoms with Crippen LogP contribution in [0.2, 0.25) is 19.6 Å². The summed E-state index contributed by atoms with van der Waals surface area (Å²) < 4.78 is 0. The smallest absolute Gasteiger partial charge is 0.305 e. The van der Waals surface area contributed by atoms with Crippen molar-refractivity contribution in [2.75, 3.05) is 0 Å². The first-order valence-electron chi connectivity index (χ1n) is 21.5. The van der Waals surface area contributed by atoms with Gasteiger partial charge in [0, 0.05) is 18.6 Å². The Morgan fingerprint density at radius 1 is 0.381 bits per heavy atom. The van der Waals surface area contributed by atoms with Crippen LogP contribution < -0.4 is 5.19 Å². The van der Waals surface area contributed by atoms with Gasteiger partial charge < -0.3 is 15.0 Å². The Morgan fingerprint density at radius 3 is 1.38 bits per heavy atom. The van der Waals surface area contributed by atoms with E-state index in [0.717, 1.165) is 70.6 Å². The SMILES string of the molecule is C[Si](C)(C)c1ccc(-c2ccnc(-c3[c-]cc(-c4ccccc4-c4cc(CCc5c[c-]c(-c6ccccn6)cc5)cc(CCc5c[c-]c(-c6ccccn6)cc5)c4)cc3)c2)cc1.[Ir+3]. The topological polar surface area (TPSA) is 38.7 Å². The molecule has 0 radical (unpaired) electrons. The zero-order valence-electron chi connectivity index (χ0n) is 35.9. The van der Waals surface area contributed by atoms with Gasteiger partial charge in [-0.3, -0.25) is 0 Å². The van der Waals surface area contributed by atoms with Crippen LogP contribution >= 0.6 is 0 Å². The number of hydrogen-bond donors (Lipinski definition) is 0. The van der Waals surface area contributed by atoms with Crippen molar-refractivity contribution in [3.8, 4) is 67.2 Å². The van der Waals surface area contributed by atoms with E-state index in [1.54, 1.807) is 0 Å². The standard InChI is InChI=1S/C58H48N3Si.Ir/c1-62(2,3)53-32-30-46(31-33-53)51-34-37-61-58(41-51)50-28-26-47(27-29-50)54-10-4-5-11-55(54)52-39-44(16-14-42-18-22-48(23-19-42)56-12-6-8-35-59-56)38-45(40-52)17-15-43-20-24-49(25-21-43)57-13-7-9-36-60-57;/h4-13,18-22,24,26-28,30-41H,14-17H2,1-3H3;/q-3;+3. The number of rotatable bonds is 13. The molecule has 3 aromatic heterocycles. The summed E-state index contributed by atoms with van der Waals surface area (Å²) in [4.78, 5) is 13.8. The van der Waals surface area contributed by atoms with Crippen LogP contribution in [0.25, 0.3) is 67.2 Å². The maximum atomic E-state index is 4.76. The van der Waals surface area contributed by atoms with E-state index in [0.29, 0.717) is 0 Å². The van der Waals surface area contributed by atoms with Gasteiger partial charge in [-0.2, -0.15) is 0 Å². The minimum absolute atomic E-state index is 0. The Morgan fingerprint density at radius 2 is 0.873 bits per heavy atom. The van der Waals surface area contributed by atoms with Crippen LogP contribution in [-0.4, -0.2) is 23.0 Å². The van der Waals surface area contributed by atoms with Crippen molar-refractivity contribution in [3.05, 3.63) is 229 Å². The third-order valence-corrected chi connectivity index (χ3v) is 13.6. The Balaban J connectivity index is 0.00000544. The van der Waals surface area contributed by atoms with Gasteiger partial charge >= 0.3 is 20.1 Å². The van der Waals surface area contributed by atoms with Gasteiger partial charge in [0.05, 0.1) is 8.07 Å². The van der Waals surface area contributed by atoms with E-state index in [9.17, 15) is 0 Å². The first-order chi connectivity index (χ1) is 30.3. The summed E-state index contributed by atoms with van der Waals surface area (Å²) in [5.74, 6) is 0. The second-order valence-corrected chi connectivity index (χ2v) is 22.1. The van der Waals surface area contributed by atoms with Crippen molar-refractivity contribution < 1.29 is 20.1 Å². The minimum atomic E-state index is -1.36. The van der Waals surface area contributed by atoms with Gasteiger partial charge in [-0.25, -0.2) is 0 Å². The molecule has 63 heavy (non-hydrogen) atoms. The molecule has 3 nitrogen and oxygen atoms in total. The molecule has 0 aliphatic carbocycles. The van der Waals surface area contributed by atoms with E-state index in [1.165, 1.54) is 49.7 Å². The third kappa shape index (κ3) is 10.6. The zero-order valence-corrected chi connectivity index (χ0v) is 39.3. The van der Waals surface area contributed by atoms with Crippen LogP contribution in [0.1, 0.15) is 22.3 Å². The largest absolute Gasteiger partial charge is 3.00 e. The summed E-state index contributed by atoms with van der Waals surface area (Å²) in [5.41, 5.74) is 18.1.